The van der Waals surface area contributed by atoms with Crippen molar-refractivity contribution in [2.24, 2.45) is 5.92 Å². The first kappa shape index (κ1) is 23.0. The van der Waals surface area contributed by atoms with E-state index in [2.05, 4.69) is 27.4 Å². The molecule has 4 rings (SSSR count). The number of rotatable bonds is 5. The number of amides is 1. The fraction of sp³-hybridized carbons (Fsp3) is 0.364. The summed E-state index contributed by atoms with van der Waals surface area (Å²) in [5.74, 6) is 0.321. The lowest BCUT2D eigenvalue weighted by Crippen LogP contribution is -2.51. The third kappa shape index (κ3) is 5.11. The Morgan fingerprint density at radius 2 is 1.97 bits per heavy atom. The summed E-state index contributed by atoms with van der Waals surface area (Å²) in [6.07, 6.45) is 1.18. The Hall–Kier alpha value is -3.14. The fourth-order valence-corrected chi connectivity index (χ4v) is 4.20. The van der Waals surface area contributed by atoms with E-state index in [1.807, 2.05) is 0 Å². The topological polar surface area (TPSA) is 75.9 Å². The van der Waals surface area contributed by atoms with E-state index in [1.165, 1.54) is 23.3 Å². The van der Waals surface area contributed by atoms with Crippen LogP contribution in [0.3, 0.4) is 0 Å². The highest BCUT2D eigenvalue weighted by atomic mass is 35.5. The highest BCUT2D eigenvalue weighted by molar-refractivity contribution is 6.31. The zero-order chi connectivity index (χ0) is 23.6. The summed E-state index contributed by atoms with van der Waals surface area (Å²) in [6.45, 7) is 2.97. The molecule has 0 radical (unpaired) electrons. The number of nitrogens with zero attached hydrogens (tertiary/aromatic N) is 5. The van der Waals surface area contributed by atoms with Crippen molar-refractivity contribution in [3.05, 3.63) is 65.1 Å². The van der Waals surface area contributed by atoms with E-state index in [-0.39, 0.29) is 17.9 Å². The number of alkyl halides is 3. The normalized spacial score (nSPS) is 18.9. The molecule has 2 aromatic heterocycles. The number of hydrogen-bond acceptors (Lipinski definition) is 5. The average Bonchev–Trinajstić information content (AvgIpc) is 3.32. The molecule has 1 aromatic carbocycles. The number of likely N-dealkylation sites (tertiary alicyclic amines) is 1. The largest absolute Gasteiger partial charge is 0.417 e. The molecule has 1 N–H and O–H groups in total. The molecule has 33 heavy (non-hydrogen) atoms. The Balaban J connectivity index is 1.55. The van der Waals surface area contributed by atoms with Gasteiger partial charge in [-0.25, -0.2) is 4.98 Å². The fourth-order valence-electron chi connectivity index (χ4n) is 4.03. The van der Waals surface area contributed by atoms with Crippen molar-refractivity contribution >= 4 is 23.3 Å². The summed E-state index contributed by atoms with van der Waals surface area (Å²) in [6, 6.07) is 7.05. The van der Waals surface area contributed by atoms with Crippen LogP contribution in [0.15, 0.2) is 48.9 Å². The van der Waals surface area contributed by atoms with Crippen LogP contribution >= 0.6 is 11.6 Å². The Morgan fingerprint density at radius 1 is 1.21 bits per heavy atom. The minimum absolute atomic E-state index is 0.176. The molecule has 1 saturated heterocycles. The van der Waals surface area contributed by atoms with Crippen molar-refractivity contribution in [1.29, 1.82) is 0 Å². The summed E-state index contributed by atoms with van der Waals surface area (Å²) in [7, 11) is 0. The van der Waals surface area contributed by atoms with Crippen molar-refractivity contribution in [3.8, 4) is 5.69 Å². The Morgan fingerprint density at radius 3 is 2.64 bits per heavy atom. The second kappa shape index (κ2) is 9.38. The van der Waals surface area contributed by atoms with E-state index in [0.29, 0.717) is 35.2 Å². The van der Waals surface area contributed by atoms with Gasteiger partial charge in [-0.3, -0.25) is 4.79 Å². The molecule has 1 amide bonds. The van der Waals surface area contributed by atoms with Crippen LogP contribution in [-0.2, 0) is 6.18 Å². The lowest BCUT2D eigenvalue weighted by atomic mass is 9.90. The molecule has 1 unspecified atom stereocenters. The molecule has 1 aliphatic heterocycles. The molecule has 0 saturated carbocycles. The molecule has 0 aliphatic carbocycles. The number of benzene rings is 1. The molecule has 3 aromatic rings. The van der Waals surface area contributed by atoms with Crippen LogP contribution in [0.1, 0.15) is 35.7 Å². The molecule has 0 spiro atoms. The smallest absolute Gasteiger partial charge is 0.368 e. The van der Waals surface area contributed by atoms with Crippen molar-refractivity contribution in [1.82, 2.24) is 24.9 Å². The standard InChI is InChI=1S/C22H22ClF3N6O/c1-14-3-2-10-31(19(14)13-28-20-7-4-15(12-27-20)22(24,25)26)21(33)17-6-5-16(23)11-18(17)32-29-8-9-30-32/h4-9,11-12,14,19H,2-3,10,13H2,1H3,(H,27,28)/t14-,19?/m1/s1. The van der Waals surface area contributed by atoms with Crippen LogP contribution in [0.25, 0.3) is 5.69 Å². The molecule has 7 nitrogen and oxygen atoms in total. The van der Waals surface area contributed by atoms with E-state index < -0.39 is 11.7 Å². The predicted molar refractivity (Wildman–Crippen MR) is 117 cm³/mol. The maximum atomic E-state index is 13.6. The first-order valence-electron chi connectivity index (χ1n) is 10.5. The lowest BCUT2D eigenvalue weighted by molar-refractivity contribution is -0.137. The minimum Gasteiger partial charge on any atom is -0.368 e. The average molecular weight is 479 g/mol. The van der Waals surface area contributed by atoms with Gasteiger partial charge in [0, 0.05) is 24.3 Å². The zero-order valence-electron chi connectivity index (χ0n) is 17.8. The van der Waals surface area contributed by atoms with E-state index in [1.54, 1.807) is 23.1 Å². The maximum absolute atomic E-state index is 13.6. The van der Waals surface area contributed by atoms with Gasteiger partial charge in [0.1, 0.15) is 5.82 Å². The van der Waals surface area contributed by atoms with E-state index >= 15 is 0 Å². The molecule has 1 aliphatic rings. The molecule has 3 heterocycles. The number of aromatic nitrogens is 4. The van der Waals surface area contributed by atoms with Gasteiger partial charge in [0.2, 0.25) is 0 Å². The first-order chi connectivity index (χ1) is 15.7. The number of hydrogen-bond donors (Lipinski definition) is 1. The second-order valence-electron chi connectivity index (χ2n) is 7.98. The summed E-state index contributed by atoms with van der Waals surface area (Å²) in [5.41, 5.74) is 0.0904. The van der Waals surface area contributed by atoms with Gasteiger partial charge in [0.05, 0.1) is 35.2 Å². The number of anilines is 1. The molecule has 0 bridgehead atoms. The summed E-state index contributed by atoms with van der Waals surface area (Å²) in [5, 5.41) is 11.8. The summed E-state index contributed by atoms with van der Waals surface area (Å²) < 4.78 is 38.4. The van der Waals surface area contributed by atoms with E-state index in [0.717, 1.165) is 25.1 Å². The van der Waals surface area contributed by atoms with Gasteiger partial charge in [0.15, 0.2) is 0 Å². The molecule has 1 fully saturated rings. The van der Waals surface area contributed by atoms with Gasteiger partial charge < -0.3 is 10.2 Å². The first-order valence-corrected chi connectivity index (χ1v) is 10.9. The summed E-state index contributed by atoms with van der Waals surface area (Å²) in [4.78, 5) is 20.6. The third-order valence-electron chi connectivity index (χ3n) is 5.78. The number of halogens is 4. The van der Waals surface area contributed by atoms with Crippen LogP contribution in [0.4, 0.5) is 19.0 Å². The van der Waals surface area contributed by atoms with Crippen molar-refractivity contribution < 1.29 is 18.0 Å². The number of pyridine rings is 1. The molecule has 11 heteroatoms. The van der Waals surface area contributed by atoms with Gasteiger partial charge in [0.25, 0.3) is 5.91 Å². The second-order valence-corrected chi connectivity index (χ2v) is 8.41. The van der Waals surface area contributed by atoms with Crippen LogP contribution in [0.5, 0.6) is 0 Å². The SMILES string of the molecule is C[C@@H]1CCCN(C(=O)c2ccc(Cl)cc2-n2nccn2)C1CNc1ccc(C(F)(F)F)cn1. The molecule has 174 valence electrons. The van der Waals surface area contributed by atoms with E-state index in [9.17, 15) is 18.0 Å². The Bertz CT molecular complexity index is 1100. The molecular weight excluding hydrogens is 457 g/mol. The van der Waals surface area contributed by atoms with Gasteiger partial charge in [-0.1, -0.05) is 18.5 Å². The monoisotopic (exact) mass is 478 g/mol. The van der Waals surface area contributed by atoms with Crippen LogP contribution in [0, 0.1) is 5.92 Å². The quantitative estimate of drug-likeness (QED) is 0.576. The van der Waals surface area contributed by atoms with Crippen LogP contribution in [0.2, 0.25) is 5.02 Å². The minimum atomic E-state index is -4.44. The third-order valence-corrected chi connectivity index (χ3v) is 6.02. The van der Waals surface area contributed by atoms with Crippen molar-refractivity contribution in [3.63, 3.8) is 0 Å². The number of carbonyl (C=O) groups is 1. The van der Waals surface area contributed by atoms with Gasteiger partial charge in [-0.2, -0.15) is 28.2 Å². The number of nitrogens with one attached hydrogen (secondary N) is 1. The maximum Gasteiger partial charge on any atom is 0.417 e. The molecule has 2 atom stereocenters. The highest BCUT2D eigenvalue weighted by Gasteiger charge is 2.34. The van der Waals surface area contributed by atoms with Gasteiger partial charge in [-0.05, 0) is 49.1 Å². The number of carbonyl (C=O) groups excluding carboxylic acids is 1. The highest BCUT2D eigenvalue weighted by Crippen LogP contribution is 2.30. The Kier molecular flexibility index (Phi) is 6.55. The predicted octanol–water partition coefficient (Wildman–Crippen LogP) is 4.69. The van der Waals surface area contributed by atoms with E-state index in [4.69, 9.17) is 11.6 Å². The molecular formula is C22H22ClF3N6O. The van der Waals surface area contributed by atoms with Crippen LogP contribution in [-0.4, -0.2) is 49.9 Å². The Labute approximate surface area is 193 Å². The van der Waals surface area contributed by atoms with Crippen molar-refractivity contribution in [2.45, 2.75) is 32.0 Å². The zero-order valence-corrected chi connectivity index (χ0v) is 18.5. The van der Waals surface area contributed by atoms with Crippen molar-refractivity contribution in [2.75, 3.05) is 18.4 Å². The number of piperidine rings is 1. The van der Waals surface area contributed by atoms with Gasteiger partial charge >= 0.3 is 6.18 Å². The summed E-state index contributed by atoms with van der Waals surface area (Å²) >= 11 is 6.15. The van der Waals surface area contributed by atoms with Gasteiger partial charge in [-0.15, -0.1) is 0 Å². The lowest BCUT2D eigenvalue weighted by Gasteiger charge is -2.40. The van der Waals surface area contributed by atoms with Crippen LogP contribution < -0.4 is 5.32 Å².